The number of hydrogen-bond donors (Lipinski definition) is 3. The second-order valence-electron chi connectivity index (χ2n) is 9.09. The summed E-state index contributed by atoms with van der Waals surface area (Å²) in [7, 11) is 0. The number of benzene rings is 1. The van der Waals surface area contributed by atoms with Crippen LogP contribution in [-0.4, -0.2) is 84.2 Å². The first-order chi connectivity index (χ1) is 16.1. The van der Waals surface area contributed by atoms with Gasteiger partial charge in [0.2, 0.25) is 11.8 Å². The minimum atomic E-state index is -2.93. The Morgan fingerprint density at radius 2 is 1.94 bits per heavy atom. The lowest BCUT2D eigenvalue weighted by atomic mass is 9.90. The number of imide groups is 1. The maximum absolute atomic E-state index is 14.9. The van der Waals surface area contributed by atoms with E-state index in [0.29, 0.717) is 56.8 Å². The second-order valence-corrected chi connectivity index (χ2v) is 9.09. The van der Waals surface area contributed by atoms with Crippen molar-refractivity contribution in [3.05, 3.63) is 29.6 Å². The zero-order chi connectivity index (χ0) is 24.5. The fraction of sp³-hybridized carbons (Fsp3) is 0.591. The van der Waals surface area contributed by atoms with E-state index in [4.69, 9.17) is 5.11 Å². The monoisotopic (exact) mass is 483 g/mol. The number of carbonyl (C=O) groups is 3. The average molecular weight is 483 g/mol. The van der Waals surface area contributed by atoms with Crippen molar-refractivity contribution in [2.45, 2.75) is 43.6 Å². The SMILES string of the molecule is O=C(O)NN1CC(F)(F)CC1CCN1CCN(c2ccc(C3CCC(=O)NC3=O)cc2F)CC1. The molecule has 34 heavy (non-hydrogen) atoms. The van der Waals surface area contributed by atoms with Crippen LogP contribution in [0.5, 0.6) is 0 Å². The fourth-order valence-electron chi connectivity index (χ4n) is 4.96. The Hall–Kier alpha value is -2.86. The number of amides is 3. The number of anilines is 1. The standard InChI is InChI=1S/C22H28F3N5O4/c23-17-11-14(16-2-4-19(31)26-20(16)32)1-3-18(17)29-9-7-28(8-10-29)6-5-15-12-22(24,25)13-30(15)27-21(33)34/h1,3,11,15-16,27H,2,4-10,12-13H2,(H,33,34)(H,26,31,32). The molecule has 3 heterocycles. The number of piperidine rings is 1. The number of halogens is 3. The van der Waals surface area contributed by atoms with E-state index in [2.05, 4.69) is 15.6 Å². The topological polar surface area (TPSA) is 105 Å². The quantitative estimate of drug-likeness (QED) is 0.530. The molecule has 3 N–H and O–H groups in total. The Labute approximate surface area is 194 Å². The number of rotatable bonds is 6. The Balaban J connectivity index is 1.29. The number of carboxylic acid groups (broad SMARTS) is 1. The molecule has 0 radical (unpaired) electrons. The van der Waals surface area contributed by atoms with Crippen LogP contribution in [0, 0.1) is 5.82 Å². The van der Waals surface area contributed by atoms with Crippen molar-refractivity contribution in [1.29, 1.82) is 0 Å². The van der Waals surface area contributed by atoms with Crippen LogP contribution in [-0.2, 0) is 9.59 Å². The van der Waals surface area contributed by atoms with Crippen molar-refractivity contribution in [2.75, 3.05) is 44.2 Å². The summed E-state index contributed by atoms with van der Waals surface area (Å²) in [5.74, 6) is -4.63. The van der Waals surface area contributed by atoms with Crippen LogP contribution in [0.2, 0.25) is 0 Å². The first kappa shape index (κ1) is 24.3. The van der Waals surface area contributed by atoms with Crippen molar-refractivity contribution < 1.29 is 32.7 Å². The molecule has 3 amide bonds. The number of hydrogen-bond acceptors (Lipinski definition) is 6. The summed E-state index contributed by atoms with van der Waals surface area (Å²) in [6.45, 7) is 2.22. The molecule has 0 bridgehead atoms. The number of alkyl halides is 2. The van der Waals surface area contributed by atoms with Gasteiger partial charge in [-0.25, -0.2) is 23.0 Å². The Bertz CT molecular complexity index is 954. The summed E-state index contributed by atoms with van der Waals surface area (Å²) < 4.78 is 42.4. The molecule has 0 spiro atoms. The maximum atomic E-state index is 14.9. The highest BCUT2D eigenvalue weighted by molar-refractivity contribution is 6.00. The van der Waals surface area contributed by atoms with Crippen LogP contribution < -0.4 is 15.6 Å². The van der Waals surface area contributed by atoms with Crippen LogP contribution >= 0.6 is 0 Å². The van der Waals surface area contributed by atoms with Crippen LogP contribution in [0.25, 0.3) is 0 Å². The molecule has 4 rings (SSSR count). The zero-order valence-corrected chi connectivity index (χ0v) is 18.6. The van der Waals surface area contributed by atoms with Gasteiger partial charge in [-0.2, -0.15) is 0 Å². The van der Waals surface area contributed by atoms with Crippen LogP contribution in [0.4, 0.5) is 23.7 Å². The predicted molar refractivity (Wildman–Crippen MR) is 116 cm³/mol. The molecule has 0 aromatic heterocycles. The molecular formula is C22H28F3N5O4. The molecule has 3 fully saturated rings. The number of nitrogens with one attached hydrogen (secondary N) is 2. The number of carbonyl (C=O) groups excluding carboxylic acids is 2. The van der Waals surface area contributed by atoms with E-state index in [9.17, 15) is 27.6 Å². The summed E-state index contributed by atoms with van der Waals surface area (Å²) >= 11 is 0. The summed E-state index contributed by atoms with van der Waals surface area (Å²) in [5.41, 5.74) is 3.04. The van der Waals surface area contributed by atoms with Gasteiger partial charge in [0.25, 0.3) is 5.92 Å². The van der Waals surface area contributed by atoms with Crippen LogP contribution in [0.3, 0.4) is 0 Å². The van der Waals surface area contributed by atoms with Gasteiger partial charge in [0, 0.05) is 45.1 Å². The third-order valence-electron chi connectivity index (χ3n) is 6.72. The van der Waals surface area contributed by atoms with E-state index in [1.165, 1.54) is 6.07 Å². The summed E-state index contributed by atoms with van der Waals surface area (Å²) in [6, 6.07) is 4.14. The highest BCUT2D eigenvalue weighted by Gasteiger charge is 2.45. The van der Waals surface area contributed by atoms with Crippen molar-refractivity contribution in [3.63, 3.8) is 0 Å². The molecule has 3 saturated heterocycles. The highest BCUT2D eigenvalue weighted by Crippen LogP contribution is 2.33. The normalized spacial score (nSPS) is 25.9. The molecule has 0 saturated carbocycles. The smallest absolute Gasteiger partial charge is 0.419 e. The van der Waals surface area contributed by atoms with Gasteiger partial charge in [0.1, 0.15) is 5.82 Å². The van der Waals surface area contributed by atoms with Gasteiger partial charge >= 0.3 is 6.09 Å². The Kier molecular flexibility index (Phi) is 6.99. The molecule has 3 aliphatic heterocycles. The van der Waals surface area contributed by atoms with Gasteiger partial charge in [-0.05, 0) is 37.1 Å². The first-order valence-corrected chi connectivity index (χ1v) is 11.4. The largest absolute Gasteiger partial charge is 0.464 e. The van der Waals surface area contributed by atoms with Gasteiger partial charge in [0.05, 0.1) is 18.2 Å². The lowest BCUT2D eigenvalue weighted by Gasteiger charge is -2.37. The van der Waals surface area contributed by atoms with Crippen molar-refractivity contribution in [3.8, 4) is 0 Å². The van der Waals surface area contributed by atoms with Crippen molar-refractivity contribution in [2.24, 2.45) is 0 Å². The first-order valence-electron chi connectivity index (χ1n) is 11.4. The van der Waals surface area contributed by atoms with Crippen molar-refractivity contribution >= 4 is 23.6 Å². The molecule has 1 aromatic rings. The number of piperazine rings is 1. The third kappa shape index (κ3) is 5.61. The Morgan fingerprint density at radius 1 is 1.21 bits per heavy atom. The molecule has 3 aliphatic rings. The van der Waals surface area contributed by atoms with E-state index in [-0.39, 0.29) is 12.3 Å². The molecule has 1 aromatic carbocycles. The van der Waals surface area contributed by atoms with Crippen LogP contribution in [0.15, 0.2) is 18.2 Å². The van der Waals surface area contributed by atoms with Crippen molar-refractivity contribution in [1.82, 2.24) is 20.7 Å². The third-order valence-corrected chi connectivity index (χ3v) is 6.72. The van der Waals surface area contributed by atoms with Crippen LogP contribution in [0.1, 0.15) is 37.2 Å². The van der Waals surface area contributed by atoms with E-state index in [0.717, 1.165) is 5.01 Å². The minimum Gasteiger partial charge on any atom is -0.464 e. The van der Waals surface area contributed by atoms with Gasteiger partial charge in [-0.15, -0.1) is 0 Å². The molecule has 0 aliphatic carbocycles. The number of hydrazine groups is 1. The minimum absolute atomic E-state index is 0.227. The average Bonchev–Trinajstić information content (AvgIpc) is 3.05. The van der Waals surface area contributed by atoms with E-state index in [1.54, 1.807) is 12.1 Å². The maximum Gasteiger partial charge on any atom is 0.419 e. The van der Waals surface area contributed by atoms with Gasteiger partial charge in [0.15, 0.2) is 0 Å². The van der Waals surface area contributed by atoms with E-state index < -0.39 is 48.7 Å². The zero-order valence-electron chi connectivity index (χ0n) is 18.6. The predicted octanol–water partition coefficient (Wildman–Crippen LogP) is 1.75. The molecule has 2 atom stereocenters. The summed E-state index contributed by atoms with van der Waals surface area (Å²) in [4.78, 5) is 38.3. The molecule has 186 valence electrons. The number of nitrogens with zero attached hydrogens (tertiary/aromatic N) is 3. The van der Waals surface area contributed by atoms with Gasteiger partial charge < -0.3 is 10.0 Å². The molecule has 2 unspecified atom stereocenters. The highest BCUT2D eigenvalue weighted by atomic mass is 19.3. The summed E-state index contributed by atoms with van der Waals surface area (Å²) in [6.07, 6.45) is -0.774. The molecular weight excluding hydrogens is 455 g/mol. The molecule has 9 nitrogen and oxygen atoms in total. The van der Waals surface area contributed by atoms with Gasteiger partial charge in [-0.1, -0.05) is 6.07 Å². The van der Waals surface area contributed by atoms with Gasteiger partial charge in [-0.3, -0.25) is 25.2 Å². The second kappa shape index (κ2) is 9.79. The van der Waals surface area contributed by atoms with E-state index in [1.807, 2.05) is 4.90 Å². The lowest BCUT2D eigenvalue weighted by molar-refractivity contribution is -0.134. The lowest BCUT2D eigenvalue weighted by Crippen LogP contribution is -2.49. The fourth-order valence-corrected chi connectivity index (χ4v) is 4.96. The Morgan fingerprint density at radius 3 is 2.59 bits per heavy atom. The summed E-state index contributed by atoms with van der Waals surface area (Å²) in [5, 5.41) is 12.3. The molecule has 12 heteroatoms. The van der Waals surface area contributed by atoms with E-state index >= 15 is 0 Å².